The minimum absolute atomic E-state index is 0.0169. The highest BCUT2D eigenvalue weighted by Crippen LogP contribution is 2.13. The molecule has 1 heterocycles. The number of hydrazine groups is 1. The van der Waals surface area contributed by atoms with Crippen LogP contribution in [0.15, 0.2) is 29.3 Å². The number of amides is 3. The fourth-order valence-corrected chi connectivity index (χ4v) is 4.40. The summed E-state index contributed by atoms with van der Waals surface area (Å²) in [6.07, 6.45) is -0.786. The number of nitro groups is 2. The van der Waals surface area contributed by atoms with E-state index in [0.717, 1.165) is 0 Å². The normalized spacial score (nSPS) is 14.4. The first-order chi connectivity index (χ1) is 23.2. The molecule has 1 aromatic carbocycles. The Morgan fingerprint density at radius 3 is 2.24 bits per heavy atom. The first kappa shape index (κ1) is 40.4. The second-order valence-corrected chi connectivity index (χ2v) is 11.8. The molecule has 1 aliphatic rings. The van der Waals surface area contributed by atoms with Gasteiger partial charge in [-0.2, -0.15) is 0 Å². The maximum Gasteiger partial charge on any atom is 0.408 e. The van der Waals surface area contributed by atoms with Gasteiger partial charge < -0.3 is 40.2 Å². The minimum Gasteiger partial charge on any atom is -0.445 e. The average Bonchev–Trinajstić information content (AvgIpc) is 3.03. The number of benzene rings is 1. The van der Waals surface area contributed by atoms with Crippen molar-refractivity contribution in [2.24, 2.45) is 10.7 Å². The van der Waals surface area contributed by atoms with Crippen molar-refractivity contribution >= 4 is 29.7 Å². The summed E-state index contributed by atoms with van der Waals surface area (Å²) in [6.45, 7) is 9.69. The third-order valence-electron chi connectivity index (χ3n) is 6.77. The number of guanidine groups is 1. The molecular weight excluding hydrogens is 650 g/mol. The lowest BCUT2D eigenvalue weighted by molar-refractivity contribution is -0.525. The fourth-order valence-electron chi connectivity index (χ4n) is 4.40. The molecule has 0 aliphatic carbocycles. The summed E-state index contributed by atoms with van der Waals surface area (Å²) in [4.78, 5) is 65.9. The van der Waals surface area contributed by atoms with E-state index in [-0.39, 0.29) is 50.3 Å². The van der Waals surface area contributed by atoms with Gasteiger partial charge in [-0.1, -0.05) is 5.43 Å². The Kier molecular flexibility index (Phi) is 17.5. The van der Waals surface area contributed by atoms with E-state index in [2.05, 4.69) is 20.5 Å². The van der Waals surface area contributed by atoms with Crippen molar-refractivity contribution in [2.45, 2.75) is 51.9 Å². The van der Waals surface area contributed by atoms with Crippen molar-refractivity contribution in [3.8, 4) is 0 Å². The van der Waals surface area contributed by atoms with Crippen LogP contribution in [0.4, 0.5) is 15.3 Å². The molecule has 0 spiro atoms. The molecule has 1 saturated heterocycles. The van der Waals surface area contributed by atoms with Gasteiger partial charge in [0, 0.05) is 57.9 Å². The topological polar surface area (TPSA) is 255 Å². The second-order valence-electron chi connectivity index (χ2n) is 11.8. The predicted octanol–water partition coefficient (Wildman–Crippen LogP) is 0.768. The predicted molar refractivity (Wildman–Crippen MR) is 175 cm³/mol. The first-order valence-electron chi connectivity index (χ1n) is 15.7. The van der Waals surface area contributed by atoms with Crippen molar-refractivity contribution in [2.75, 3.05) is 72.2 Å². The van der Waals surface area contributed by atoms with Crippen LogP contribution in [-0.4, -0.2) is 128 Å². The standard InChI is InChI=1S/C29H47N9O11/c1-29(2,3)49-28(41)33-24(5-4-10-31-26(30)34-38(44)45)25(39)36-14-12-35(13-15-36)16-18-47-20-19-46-17-11-32-27(40)48-21-22-6-8-23(9-7-22)37(42)43/h6-9,24H,4-5,10-21H2,1-3H3,(H,32,40)(H,33,41)(H3,30,31,34)/t24-/m0/s1. The molecule has 20 nitrogen and oxygen atoms in total. The van der Waals surface area contributed by atoms with Crippen LogP contribution < -0.4 is 21.8 Å². The zero-order valence-corrected chi connectivity index (χ0v) is 28.1. The van der Waals surface area contributed by atoms with Gasteiger partial charge in [0.15, 0.2) is 5.03 Å². The number of nitrogens with one attached hydrogen (secondary N) is 3. The SMILES string of the molecule is CC(C)(C)OC(=O)N[C@@H](CCCN=C(N)N[N+](=O)[O-])C(=O)N1CCN(CCOCCOCCNC(=O)OCc2ccc([N+](=O)[O-])cc2)CC1. The number of nitrogens with zero attached hydrogens (tertiary/aromatic N) is 5. The van der Waals surface area contributed by atoms with Crippen LogP contribution >= 0.6 is 0 Å². The Morgan fingerprint density at radius 1 is 0.980 bits per heavy atom. The maximum absolute atomic E-state index is 13.3. The van der Waals surface area contributed by atoms with E-state index in [1.54, 1.807) is 31.1 Å². The average molecular weight is 698 g/mol. The highest BCUT2D eigenvalue weighted by atomic mass is 16.7. The molecule has 0 saturated carbocycles. The zero-order valence-electron chi connectivity index (χ0n) is 28.1. The molecule has 0 bridgehead atoms. The van der Waals surface area contributed by atoms with E-state index >= 15 is 0 Å². The van der Waals surface area contributed by atoms with Gasteiger partial charge in [-0.3, -0.25) is 19.8 Å². The van der Waals surface area contributed by atoms with Crippen LogP contribution in [0, 0.1) is 20.2 Å². The van der Waals surface area contributed by atoms with E-state index in [0.29, 0.717) is 64.5 Å². The van der Waals surface area contributed by atoms with E-state index < -0.39 is 33.8 Å². The van der Waals surface area contributed by atoms with Gasteiger partial charge in [0.05, 0.1) is 31.4 Å². The van der Waals surface area contributed by atoms with Crippen LogP contribution in [0.3, 0.4) is 0 Å². The number of nitro benzene ring substituents is 1. The second kappa shape index (κ2) is 21.2. The lowest BCUT2D eigenvalue weighted by atomic mass is 10.1. The number of hydrogen-bond acceptors (Lipinski definition) is 13. The molecule has 1 atom stereocenters. The van der Waals surface area contributed by atoms with Crippen molar-refractivity contribution in [1.29, 1.82) is 0 Å². The fraction of sp³-hybridized carbons (Fsp3) is 0.655. The third kappa shape index (κ3) is 17.8. The summed E-state index contributed by atoms with van der Waals surface area (Å²) < 4.78 is 21.5. The zero-order chi connectivity index (χ0) is 36.2. The highest BCUT2D eigenvalue weighted by Gasteiger charge is 2.30. The lowest BCUT2D eigenvalue weighted by Gasteiger charge is -2.36. The van der Waals surface area contributed by atoms with Crippen LogP contribution in [0.2, 0.25) is 0 Å². The molecule has 0 unspecified atom stereocenters. The van der Waals surface area contributed by atoms with Crippen LogP contribution in [0.25, 0.3) is 0 Å². The van der Waals surface area contributed by atoms with Gasteiger partial charge >= 0.3 is 12.2 Å². The molecular formula is C29H47N9O11. The number of aliphatic imine (C=N–C) groups is 1. The molecule has 274 valence electrons. The van der Waals surface area contributed by atoms with Crippen LogP contribution in [0.5, 0.6) is 0 Å². The van der Waals surface area contributed by atoms with Crippen LogP contribution in [-0.2, 0) is 30.3 Å². The molecule has 3 amide bonds. The quantitative estimate of drug-likeness (QED) is 0.0512. The number of piperazine rings is 1. The number of rotatable bonds is 19. The van der Waals surface area contributed by atoms with Crippen molar-refractivity contribution < 1.29 is 43.3 Å². The Hall–Kier alpha value is -4.82. The van der Waals surface area contributed by atoms with E-state index in [1.807, 2.05) is 0 Å². The molecule has 2 rings (SSSR count). The Labute approximate surface area is 283 Å². The molecule has 0 radical (unpaired) electrons. The smallest absolute Gasteiger partial charge is 0.408 e. The number of carbonyl (C=O) groups is 3. The Bertz CT molecular complexity index is 1250. The van der Waals surface area contributed by atoms with Gasteiger partial charge in [-0.05, 0) is 51.3 Å². The van der Waals surface area contributed by atoms with Crippen LogP contribution in [0.1, 0.15) is 39.2 Å². The summed E-state index contributed by atoms with van der Waals surface area (Å²) >= 11 is 0. The van der Waals surface area contributed by atoms with Crippen molar-refractivity contribution in [3.05, 3.63) is 50.1 Å². The summed E-state index contributed by atoms with van der Waals surface area (Å²) in [5.74, 6) is -0.611. The number of carbonyl (C=O) groups excluding carboxylic acids is 3. The molecule has 49 heavy (non-hydrogen) atoms. The monoisotopic (exact) mass is 697 g/mol. The van der Waals surface area contributed by atoms with E-state index in [4.69, 9.17) is 24.7 Å². The molecule has 1 fully saturated rings. The van der Waals surface area contributed by atoms with Gasteiger partial charge in [0.2, 0.25) is 5.91 Å². The van der Waals surface area contributed by atoms with E-state index in [9.17, 15) is 34.6 Å². The lowest BCUT2D eigenvalue weighted by Crippen LogP contribution is -2.55. The molecule has 5 N–H and O–H groups in total. The van der Waals surface area contributed by atoms with Gasteiger partial charge in [-0.15, -0.1) is 0 Å². The summed E-state index contributed by atoms with van der Waals surface area (Å²) in [7, 11) is 0. The summed E-state index contributed by atoms with van der Waals surface area (Å²) in [6, 6.07) is 4.85. The summed E-state index contributed by atoms with van der Waals surface area (Å²) in [5, 5.41) is 25.5. The van der Waals surface area contributed by atoms with Crippen molar-refractivity contribution in [3.63, 3.8) is 0 Å². The molecule has 20 heteroatoms. The Balaban J connectivity index is 1.60. The van der Waals surface area contributed by atoms with Gasteiger partial charge in [0.1, 0.15) is 18.2 Å². The molecule has 0 aromatic heterocycles. The van der Waals surface area contributed by atoms with Crippen molar-refractivity contribution in [1.82, 2.24) is 25.9 Å². The summed E-state index contributed by atoms with van der Waals surface area (Å²) in [5.41, 5.74) is 7.01. The minimum atomic E-state index is -0.868. The number of ether oxygens (including phenoxy) is 4. The highest BCUT2D eigenvalue weighted by molar-refractivity contribution is 5.86. The third-order valence-corrected chi connectivity index (χ3v) is 6.77. The maximum atomic E-state index is 13.3. The molecule has 1 aliphatic heterocycles. The molecule has 1 aromatic rings. The number of alkyl carbamates (subject to hydrolysis) is 2. The largest absolute Gasteiger partial charge is 0.445 e. The first-order valence-corrected chi connectivity index (χ1v) is 15.7. The number of hydrogen-bond donors (Lipinski definition) is 4. The number of non-ortho nitro benzene ring substituents is 1. The Morgan fingerprint density at radius 2 is 1.63 bits per heavy atom. The van der Waals surface area contributed by atoms with Gasteiger partial charge in [0.25, 0.3) is 11.6 Å². The number of nitrogens with two attached hydrogens (primary N) is 1. The van der Waals surface area contributed by atoms with E-state index in [1.165, 1.54) is 24.3 Å². The van der Waals surface area contributed by atoms with Gasteiger partial charge in [-0.25, -0.2) is 24.7 Å².